The minimum absolute atomic E-state index is 0.173. The Morgan fingerprint density at radius 2 is 2.06 bits per heavy atom. The molecule has 88 valence electrons. The van der Waals surface area contributed by atoms with Gasteiger partial charge in [-0.1, -0.05) is 0 Å². The van der Waals surface area contributed by atoms with Gasteiger partial charge in [0.05, 0.1) is 5.92 Å². The first-order valence-corrected chi connectivity index (χ1v) is 5.91. The van der Waals surface area contributed by atoms with Gasteiger partial charge in [0.25, 0.3) is 0 Å². The molecule has 0 aliphatic heterocycles. The van der Waals surface area contributed by atoms with E-state index in [0.29, 0.717) is 0 Å². The fourth-order valence-electron chi connectivity index (χ4n) is 1.33. The highest BCUT2D eigenvalue weighted by Crippen LogP contribution is 2.20. The van der Waals surface area contributed by atoms with Crippen LogP contribution in [-0.2, 0) is 9.59 Å². The van der Waals surface area contributed by atoms with Gasteiger partial charge in [0.15, 0.2) is 0 Å². The van der Waals surface area contributed by atoms with Crippen LogP contribution in [0.15, 0.2) is 16.8 Å². The smallest absolute Gasteiger partial charge is 0.326 e. The number of nitrogens with zero attached hydrogens (tertiary/aromatic N) is 1. The highest BCUT2D eigenvalue weighted by Gasteiger charge is 2.26. The molecule has 1 heterocycles. The van der Waals surface area contributed by atoms with Crippen LogP contribution in [-0.4, -0.2) is 35.0 Å². The lowest BCUT2D eigenvalue weighted by Crippen LogP contribution is -2.42. The minimum Gasteiger partial charge on any atom is -0.480 e. The average molecular weight is 241 g/mol. The number of likely N-dealkylation sites (N-methyl/N-ethyl adjacent to an activating group) is 1. The lowest BCUT2D eigenvalue weighted by molar-refractivity contribution is -0.148. The van der Waals surface area contributed by atoms with Gasteiger partial charge in [-0.05, 0) is 36.2 Å². The molecule has 4 nitrogen and oxygen atoms in total. The van der Waals surface area contributed by atoms with Crippen molar-refractivity contribution < 1.29 is 14.7 Å². The third kappa shape index (κ3) is 2.61. The Bertz CT molecular complexity index is 375. The summed E-state index contributed by atoms with van der Waals surface area (Å²) in [5, 5.41) is 12.6. The second-order valence-electron chi connectivity index (χ2n) is 3.74. The zero-order chi connectivity index (χ0) is 12.3. The third-order valence-electron chi connectivity index (χ3n) is 2.70. The fourth-order valence-corrected chi connectivity index (χ4v) is 2.08. The van der Waals surface area contributed by atoms with Gasteiger partial charge in [-0.25, -0.2) is 4.79 Å². The summed E-state index contributed by atoms with van der Waals surface area (Å²) in [4.78, 5) is 24.0. The molecule has 0 saturated heterocycles. The molecule has 0 saturated carbocycles. The molecule has 16 heavy (non-hydrogen) atoms. The van der Waals surface area contributed by atoms with Crippen molar-refractivity contribution in [2.75, 3.05) is 7.05 Å². The monoisotopic (exact) mass is 241 g/mol. The molecular weight excluding hydrogens is 226 g/mol. The maximum absolute atomic E-state index is 12.0. The Hall–Kier alpha value is -1.36. The van der Waals surface area contributed by atoms with Crippen molar-refractivity contribution in [1.29, 1.82) is 0 Å². The molecule has 0 radical (unpaired) electrons. The topological polar surface area (TPSA) is 57.6 Å². The van der Waals surface area contributed by atoms with Crippen molar-refractivity contribution >= 4 is 23.2 Å². The van der Waals surface area contributed by atoms with E-state index in [-0.39, 0.29) is 11.8 Å². The van der Waals surface area contributed by atoms with E-state index in [1.807, 2.05) is 16.8 Å². The third-order valence-corrected chi connectivity index (χ3v) is 3.40. The second-order valence-corrected chi connectivity index (χ2v) is 4.52. The van der Waals surface area contributed by atoms with Crippen LogP contribution >= 0.6 is 11.3 Å². The van der Waals surface area contributed by atoms with Crippen molar-refractivity contribution in [2.24, 2.45) is 0 Å². The number of rotatable bonds is 4. The summed E-state index contributed by atoms with van der Waals surface area (Å²) in [6.45, 7) is 3.29. The molecule has 1 rings (SSSR count). The summed E-state index contributed by atoms with van der Waals surface area (Å²) >= 11 is 1.52. The Morgan fingerprint density at radius 3 is 2.50 bits per heavy atom. The van der Waals surface area contributed by atoms with Crippen molar-refractivity contribution in [2.45, 2.75) is 25.8 Å². The standard InChI is InChI=1S/C11H15NO3S/c1-7(9-4-5-16-6-9)10(13)12(3)8(2)11(14)15/h4-8H,1-3H3,(H,14,15). The number of carbonyl (C=O) groups excluding carboxylic acids is 1. The average Bonchev–Trinajstić information content (AvgIpc) is 2.78. The Morgan fingerprint density at radius 1 is 1.44 bits per heavy atom. The maximum atomic E-state index is 12.0. The van der Waals surface area contributed by atoms with E-state index < -0.39 is 12.0 Å². The largest absolute Gasteiger partial charge is 0.480 e. The van der Waals surface area contributed by atoms with Gasteiger partial charge in [0, 0.05) is 7.05 Å². The Labute approximate surface area is 98.5 Å². The Balaban J connectivity index is 2.75. The summed E-state index contributed by atoms with van der Waals surface area (Å²) in [5.74, 6) is -1.46. The quantitative estimate of drug-likeness (QED) is 0.874. The maximum Gasteiger partial charge on any atom is 0.326 e. The molecule has 0 aliphatic rings. The van der Waals surface area contributed by atoms with E-state index in [9.17, 15) is 9.59 Å². The summed E-state index contributed by atoms with van der Waals surface area (Å²) in [6.07, 6.45) is 0. The SMILES string of the molecule is CC(C(=O)N(C)C(C)C(=O)O)c1ccsc1. The number of aliphatic carboxylic acids is 1. The molecule has 0 aromatic carbocycles. The normalized spacial score (nSPS) is 14.2. The van der Waals surface area contributed by atoms with Crippen LogP contribution in [0.3, 0.4) is 0 Å². The first kappa shape index (κ1) is 12.7. The summed E-state index contributed by atoms with van der Waals surface area (Å²) < 4.78 is 0. The molecule has 1 aromatic heterocycles. The molecule has 1 aromatic rings. The first-order chi connectivity index (χ1) is 7.45. The summed E-state index contributed by atoms with van der Waals surface area (Å²) in [7, 11) is 1.52. The molecule has 0 spiro atoms. The van der Waals surface area contributed by atoms with E-state index in [4.69, 9.17) is 5.11 Å². The number of hydrogen-bond donors (Lipinski definition) is 1. The minimum atomic E-state index is -0.992. The van der Waals surface area contributed by atoms with Crippen molar-refractivity contribution in [3.63, 3.8) is 0 Å². The number of carboxylic acids is 1. The number of carbonyl (C=O) groups is 2. The molecule has 0 bridgehead atoms. The first-order valence-electron chi connectivity index (χ1n) is 4.96. The zero-order valence-corrected chi connectivity index (χ0v) is 10.3. The van der Waals surface area contributed by atoms with Crippen molar-refractivity contribution in [3.8, 4) is 0 Å². The molecule has 2 atom stereocenters. The predicted molar refractivity (Wildman–Crippen MR) is 62.6 cm³/mol. The second kappa shape index (κ2) is 5.12. The number of amides is 1. The van der Waals surface area contributed by atoms with E-state index >= 15 is 0 Å². The van der Waals surface area contributed by atoms with E-state index in [1.54, 1.807) is 6.92 Å². The zero-order valence-electron chi connectivity index (χ0n) is 9.51. The van der Waals surface area contributed by atoms with Gasteiger partial charge < -0.3 is 10.0 Å². The highest BCUT2D eigenvalue weighted by atomic mass is 32.1. The van der Waals surface area contributed by atoms with Gasteiger partial charge in [-0.15, -0.1) is 0 Å². The summed E-state index contributed by atoms with van der Waals surface area (Å²) in [5.41, 5.74) is 0.930. The molecular formula is C11H15NO3S. The molecule has 1 N–H and O–H groups in total. The van der Waals surface area contributed by atoms with Gasteiger partial charge in [-0.3, -0.25) is 4.79 Å². The number of thiophene rings is 1. The molecule has 5 heteroatoms. The van der Waals surface area contributed by atoms with Crippen LogP contribution in [0.25, 0.3) is 0 Å². The molecule has 2 unspecified atom stereocenters. The predicted octanol–water partition coefficient (Wildman–Crippen LogP) is 1.78. The fraction of sp³-hybridized carbons (Fsp3) is 0.455. The highest BCUT2D eigenvalue weighted by molar-refractivity contribution is 7.08. The van der Waals surface area contributed by atoms with Crippen molar-refractivity contribution in [3.05, 3.63) is 22.4 Å². The van der Waals surface area contributed by atoms with Crippen LogP contribution in [0.2, 0.25) is 0 Å². The molecule has 1 amide bonds. The van der Waals surface area contributed by atoms with Gasteiger partial charge in [0.1, 0.15) is 6.04 Å². The van der Waals surface area contributed by atoms with E-state index in [1.165, 1.54) is 30.2 Å². The van der Waals surface area contributed by atoms with Crippen LogP contribution in [0.5, 0.6) is 0 Å². The Kier molecular flexibility index (Phi) is 4.06. The number of hydrogen-bond acceptors (Lipinski definition) is 3. The van der Waals surface area contributed by atoms with Crippen molar-refractivity contribution in [1.82, 2.24) is 4.90 Å². The number of carboxylic acid groups (broad SMARTS) is 1. The van der Waals surface area contributed by atoms with Gasteiger partial charge in [-0.2, -0.15) is 11.3 Å². The van der Waals surface area contributed by atoms with Crippen LogP contribution in [0, 0.1) is 0 Å². The molecule has 0 fully saturated rings. The summed E-state index contributed by atoms with van der Waals surface area (Å²) in [6, 6.07) is 1.08. The van der Waals surface area contributed by atoms with Gasteiger partial charge in [0.2, 0.25) is 5.91 Å². The van der Waals surface area contributed by atoms with E-state index in [2.05, 4.69) is 0 Å². The van der Waals surface area contributed by atoms with Crippen LogP contribution in [0.1, 0.15) is 25.3 Å². The van der Waals surface area contributed by atoms with Crippen LogP contribution < -0.4 is 0 Å². The lowest BCUT2D eigenvalue weighted by atomic mass is 10.0. The van der Waals surface area contributed by atoms with Gasteiger partial charge >= 0.3 is 5.97 Å². The van der Waals surface area contributed by atoms with E-state index in [0.717, 1.165) is 5.56 Å². The molecule has 0 aliphatic carbocycles. The lowest BCUT2D eigenvalue weighted by Gasteiger charge is -2.24. The van der Waals surface area contributed by atoms with Crippen LogP contribution in [0.4, 0.5) is 0 Å².